The molecule has 0 spiro atoms. The van der Waals surface area contributed by atoms with E-state index in [4.69, 9.17) is 10.5 Å². The smallest absolute Gasteiger partial charge is 0.378 e. The number of hydrogen-bond donors (Lipinski definition) is 1. The number of imidazole rings is 1. The van der Waals surface area contributed by atoms with Crippen LogP contribution in [0.2, 0.25) is 0 Å². The quantitative estimate of drug-likeness (QED) is 0.474. The first kappa shape index (κ1) is 26.3. The first-order valence-electron chi connectivity index (χ1n) is 11.9. The maximum atomic E-state index is 13.9. The summed E-state index contributed by atoms with van der Waals surface area (Å²) in [7, 11) is -3.47. The van der Waals surface area contributed by atoms with Crippen LogP contribution in [0.25, 0.3) is 22.6 Å². The van der Waals surface area contributed by atoms with Gasteiger partial charge in [0.15, 0.2) is 22.8 Å². The van der Waals surface area contributed by atoms with Crippen molar-refractivity contribution in [2.45, 2.75) is 25.7 Å². The highest BCUT2D eigenvalue weighted by Crippen LogP contribution is 2.34. The number of nitrogens with two attached hydrogens (primary N) is 1. The average molecular weight is 557 g/mol. The van der Waals surface area contributed by atoms with Crippen LogP contribution in [0.5, 0.6) is 0 Å². The maximum absolute atomic E-state index is 13.9. The van der Waals surface area contributed by atoms with Gasteiger partial charge in [0, 0.05) is 51.2 Å². The molecule has 13 nitrogen and oxygen atoms in total. The van der Waals surface area contributed by atoms with Crippen LogP contribution in [0.4, 0.5) is 30.9 Å². The predicted molar refractivity (Wildman–Crippen MR) is 133 cm³/mol. The van der Waals surface area contributed by atoms with Gasteiger partial charge in [0.2, 0.25) is 21.9 Å². The second kappa shape index (κ2) is 9.77. The number of rotatable bonds is 5. The summed E-state index contributed by atoms with van der Waals surface area (Å²) in [5.41, 5.74) is 6.19. The van der Waals surface area contributed by atoms with Crippen LogP contribution in [0.3, 0.4) is 0 Å². The topological polar surface area (TPSA) is 148 Å². The summed E-state index contributed by atoms with van der Waals surface area (Å²) in [6.45, 7) is 2.60. The maximum Gasteiger partial charge on any atom is 0.406 e. The van der Waals surface area contributed by atoms with Crippen LogP contribution in [0.15, 0.2) is 12.4 Å². The molecule has 2 saturated heterocycles. The van der Waals surface area contributed by atoms with Gasteiger partial charge in [-0.15, -0.1) is 0 Å². The SMILES string of the molecule is C[C@H]1CN(c2nc3c(N4CCOCC4)nc(-c4cnc(N)nc4)nc3n2CC(F)(F)F)CCN1S(C)(=O)=O. The molecule has 2 aliphatic heterocycles. The van der Waals surface area contributed by atoms with Crippen molar-refractivity contribution in [3.05, 3.63) is 12.4 Å². The van der Waals surface area contributed by atoms with E-state index >= 15 is 0 Å². The molecule has 0 aromatic carbocycles. The number of alkyl halides is 3. The van der Waals surface area contributed by atoms with Crippen molar-refractivity contribution in [1.82, 2.24) is 33.8 Å². The highest BCUT2D eigenvalue weighted by atomic mass is 32.2. The average Bonchev–Trinajstić information content (AvgIpc) is 3.20. The first-order chi connectivity index (χ1) is 17.9. The summed E-state index contributed by atoms with van der Waals surface area (Å²) in [5, 5.41) is 0. The molecule has 206 valence electrons. The van der Waals surface area contributed by atoms with E-state index in [9.17, 15) is 21.6 Å². The van der Waals surface area contributed by atoms with E-state index in [-0.39, 0.29) is 48.5 Å². The number of anilines is 3. The Morgan fingerprint density at radius 2 is 1.74 bits per heavy atom. The van der Waals surface area contributed by atoms with Gasteiger partial charge in [-0.3, -0.25) is 4.57 Å². The fourth-order valence-electron chi connectivity index (χ4n) is 4.73. The number of nitrogens with zero attached hydrogens (tertiary/aromatic N) is 9. The van der Waals surface area contributed by atoms with Crippen LogP contribution in [0.1, 0.15) is 6.92 Å². The molecule has 5 rings (SSSR count). The molecule has 0 amide bonds. The Hall–Kier alpha value is -3.31. The zero-order valence-corrected chi connectivity index (χ0v) is 21.6. The number of hydrogen-bond acceptors (Lipinski definition) is 11. The monoisotopic (exact) mass is 556 g/mol. The molecular formula is C21H27F3N10O3S. The van der Waals surface area contributed by atoms with E-state index < -0.39 is 28.8 Å². The van der Waals surface area contributed by atoms with Crippen molar-refractivity contribution in [3.8, 4) is 11.4 Å². The van der Waals surface area contributed by atoms with E-state index in [1.54, 1.807) is 11.8 Å². The van der Waals surface area contributed by atoms with E-state index in [0.717, 1.165) is 10.8 Å². The van der Waals surface area contributed by atoms with Crippen molar-refractivity contribution >= 4 is 38.9 Å². The molecule has 2 N–H and O–H groups in total. The minimum absolute atomic E-state index is 0.00108. The van der Waals surface area contributed by atoms with Crippen molar-refractivity contribution in [1.29, 1.82) is 0 Å². The third kappa shape index (κ3) is 5.30. The number of sulfonamides is 1. The molecule has 0 bridgehead atoms. The standard InChI is InChI=1S/C21H27F3N10O3S/c1-13-11-32(3-4-34(13)38(2,35)36)20-28-15-17(31-5-7-37-8-6-31)29-16(14-9-26-19(25)27-10-14)30-18(15)33(20)12-21(22,23)24/h9-10,13H,3-8,11-12H2,1-2H3,(H2,25,26,27)/t13-/m0/s1. The largest absolute Gasteiger partial charge is 0.406 e. The van der Waals surface area contributed by atoms with Gasteiger partial charge < -0.3 is 20.3 Å². The lowest BCUT2D eigenvalue weighted by molar-refractivity contribution is -0.139. The number of aromatic nitrogens is 6. The predicted octanol–water partition coefficient (Wildman–Crippen LogP) is 0.735. The summed E-state index contributed by atoms with van der Waals surface area (Å²) in [4.78, 5) is 25.2. The lowest BCUT2D eigenvalue weighted by Gasteiger charge is -2.38. The molecule has 0 saturated carbocycles. The summed E-state index contributed by atoms with van der Waals surface area (Å²) in [6, 6.07) is -0.467. The second-order valence-electron chi connectivity index (χ2n) is 9.25. The van der Waals surface area contributed by atoms with Gasteiger partial charge in [0.25, 0.3) is 0 Å². The number of halogens is 3. The number of piperazine rings is 1. The molecule has 1 atom stereocenters. The Morgan fingerprint density at radius 1 is 1.05 bits per heavy atom. The number of fused-ring (bicyclic) bond motifs is 1. The van der Waals surface area contributed by atoms with Crippen molar-refractivity contribution in [2.24, 2.45) is 0 Å². The van der Waals surface area contributed by atoms with Crippen LogP contribution < -0.4 is 15.5 Å². The zero-order valence-electron chi connectivity index (χ0n) is 20.8. The normalized spacial score (nSPS) is 19.9. The van der Waals surface area contributed by atoms with Crippen molar-refractivity contribution in [3.63, 3.8) is 0 Å². The number of morpholine rings is 1. The molecule has 0 radical (unpaired) electrons. The number of nitrogen functional groups attached to an aromatic ring is 1. The summed E-state index contributed by atoms with van der Waals surface area (Å²) >= 11 is 0. The van der Waals surface area contributed by atoms with E-state index in [1.807, 2.05) is 4.90 Å². The van der Waals surface area contributed by atoms with E-state index in [1.165, 1.54) is 16.7 Å². The van der Waals surface area contributed by atoms with Gasteiger partial charge in [-0.2, -0.15) is 17.5 Å². The summed E-state index contributed by atoms with van der Waals surface area (Å²) in [5.74, 6) is 0.584. The Labute approximate surface area is 216 Å². The Kier molecular flexibility index (Phi) is 6.77. The molecule has 17 heteroatoms. The van der Waals surface area contributed by atoms with Gasteiger partial charge in [0.1, 0.15) is 6.54 Å². The van der Waals surface area contributed by atoms with E-state index in [0.29, 0.717) is 37.7 Å². The third-order valence-corrected chi connectivity index (χ3v) is 7.80. The van der Waals surface area contributed by atoms with Crippen molar-refractivity contribution < 1.29 is 26.3 Å². The molecule has 38 heavy (non-hydrogen) atoms. The number of ether oxygens (including phenoxy) is 1. The highest BCUT2D eigenvalue weighted by Gasteiger charge is 2.36. The highest BCUT2D eigenvalue weighted by molar-refractivity contribution is 7.88. The minimum Gasteiger partial charge on any atom is -0.378 e. The van der Waals surface area contributed by atoms with Crippen LogP contribution in [0, 0.1) is 0 Å². The Balaban J connectivity index is 1.68. The molecule has 0 aliphatic carbocycles. The Bertz CT molecular complexity index is 1420. The van der Waals surface area contributed by atoms with Crippen LogP contribution >= 0.6 is 0 Å². The molecular weight excluding hydrogens is 529 g/mol. The zero-order chi connectivity index (χ0) is 27.2. The Morgan fingerprint density at radius 3 is 2.34 bits per heavy atom. The molecule has 2 fully saturated rings. The van der Waals surface area contributed by atoms with E-state index in [2.05, 4.69) is 24.9 Å². The molecule has 0 unspecified atom stereocenters. The van der Waals surface area contributed by atoms with Crippen molar-refractivity contribution in [2.75, 3.05) is 67.7 Å². The molecule has 2 aliphatic rings. The summed E-state index contributed by atoms with van der Waals surface area (Å²) in [6.07, 6.45) is -0.643. The summed E-state index contributed by atoms with van der Waals surface area (Å²) < 4.78 is 73.6. The van der Waals surface area contributed by atoms with Gasteiger partial charge in [-0.1, -0.05) is 0 Å². The first-order valence-corrected chi connectivity index (χ1v) is 13.7. The lowest BCUT2D eigenvalue weighted by Crippen LogP contribution is -2.54. The third-order valence-electron chi connectivity index (χ3n) is 6.41. The van der Waals surface area contributed by atoms with Gasteiger partial charge in [-0.25, -0.2) is 33.3 Å². The second-order valence-corrected chi connectivity index (χ2v) is 11.2. The van der Waals surface area contributed by atoms with Gasteiger partial charge >= 0.3 is 6.18 Å². The molecule has 3 aromatic heterocycles. The van der Waals surface area contributed by atoms with Gasteiger partial charge in [-0.05, 0) is 6.92 Å². The van der Waals surface area contributed by atoms with Crippen LogP contribution in [-0.2, 0) is 21.3 Å². The fraction of sp³-hybridized carbons (Fsp3) is 0.571. The minimum atomic E-state index is -4.57. The lowest BCUT2D eigenvalue weighted by atomic mass is 10.2. The fourth-order valence-corrected chi connectivity index (χ4v) is 5.87. The molecule has 5 heterocycles. The molecule has 3 aromatic rings. The van der Waals surface area contributed by atoms with Gasteiger partial charge in [0.05, 0.1) is 25.0 Å². The van der Waals surface area contributed by atoms with Crippen LogP contribution in [-0.4, -0.2) is 107 Å².